The molecular weight excluding hydrogens is 362 g/mol. The first kappa shape index (κ1) is 19.8. The van der Waals surface area contributed by atoms with Crippen molar-refractivity contribution in [2.24, 2.45) is 0 Å². The second-order valence-corrected chi connectivity index (χ2v) is 5.67. The normalized spacial score (nSPS) is 14.5. The maximum atomic E-state index is 12.1. The van der Waals surface area contributed by atoms with Crippen LogP contribution in [0.5, 0.6) is 0 Å². The van der Waals surface area contributed by atoms with Gasteiger partial charge in [-0.05, 0) is 6.07 Å². The summed E-state index contributed by atoms with van der Waals surface area (Å²) in [4.78, 5) is 24.8. The van der Waals surface area contributed by atoms with Gasteiger partial charge in [0.15, 0.2) is 5.69 Å². The van der Waals surface area contributed by atoms with E-state index in [-0.39, 0.29) is 29.7 Å². The molecule has 1 aliphatic heterocycles. The van der Waals surface area contributed by atoms with Crippen molar-refractivity contribution in [2.45, 2.75) is 0 Å². The van der Waals surface area contributed by atoms with Crippen molar-refractivity contribution in [1.29, 1.82) is 0 Å². The fourth-order valence-corrected chi connectivity index (χ4v) is 2.60. The van der Waals surface area contributed by atoms with Crippen molar-refractivity contribution in [1.82, 2.24) is 30.5 Å². The first-order chi connectivity index (χ1) is 12.1. The Morgan fingerprint density at radius 3 is 2.85 bits per heavy atom. The summed E-state index contributed by atoms with van der Waals surface area (Å²) in [7, 11) is 0. The van der Waals surface area contributed by atoms with Crippen molar-refractivity contribution in [3.8, 4) is 5.69 Å². The third-order valence-corrected chi connectivity index (χ3v) is 3.95. The monoisotopic (exact) mass is 381 g/mol. The molecule has 1 aliphatic rings. The molecule has 3 rings (SSSR count). The Morgan fingerprint density at radius 1 is 1.35 bits per heavy atom. The molecule has 0 radical (unpaired) electrons. The average molecular weight is 382 g/mol. The molecule has 1 aromatic heterocycles. The molecule has 1 amide bonds. The van der Waals surface area contributed by atoms with Gasteiger partial charge in [-0.15, -0.1) is 17.5 Å². The van der Waals surface area contributed by atoms with Gasteiger partial charge in [-0.1, -0.05) is 11.3 Å². The molecule has 2 aromatic rings. The third-order valence-electron chi connectivity index (χ3n) is 3.95. The highest BCUT2D eigenvalue weighted by molar-refractivity contribution is 5.91. The Morgan fingerprint density at radius 2 is 2.12 bits per heavy atom. The zero-order valence-electron chi connectivity index (χ0n) is 14.0. The van der Waals surface area contributed by atoms with E-state index in [1.165, 1.54) is 23.0 Å². The molecule has 11 heteroatoms. The molecule has 1 saturated heterocycles. The smallest absolute Gasteiger partial charge is 0.273 e. The van der Waals surface area contributed by atoms with E-state index in [9.17, 15) is 14.9 Å². The standard InChI is InChI=1S/C15H19N7O3.ClH/c23-15(17-6-9-20-7-4-16-5-8-20)14-11-21(19-18-14)12-2-1-3-13(10-12)22(24)25;/h1-3,10-11,16H,4-9H2,(H,17,23);1H. The lowest BCUT2D eigenvalue weighted by Gasteiger charge is -2.26. The van der Waals surface area contributed by atoms with E-state index in [1.807, 2.05) is 0 Å². The molecule has 2 heterocycles. The summed E-state index contributed by atoms with van der Waals surface area (Å²) in [6.45, 7) is 5.18. The van der Waals surface area contributed by atoms with Gasteiger partial charge < -0.3 is 10.6 Å². The second kappa shape index (κ2) is 9.22. The van der Waals surface area contributed by atoms with Gasteiger partial charge in [0.25, 0.3) is 11.6 Å². The van der Waals surface area contributed by atoms with E-state index in [0.717, 1.165) is 32.7 Å². The average Bonchev–Trinajstić information content (AvgIpc) is 3.13. The minimum Gasteiger partial charge on any atom is -0.349 e. The Labute approximate surface area is 156 Å². The Balaban J connectivity index is 0.00000243. The van der Waals surface area contributed by atoms with Gasteiger partial charge in [0.1, 0.15) is 0 Å². The maximum absolute atomic E-state index is 12.1. The van der Waals surface area contributed by atoms with Gasteiger partial charge in [-0.3, -0.25) is 19.8 Å². The lowest BCUT2D eigenvalue weighted by atomic mass is 10.3. The molecule has 0 atom stereocenters. The summed E-state index contributed by atoms with van der Waals surface area (Å²) in [5.41, 5.74) is 0.600. The zero-order chi connectivity index (χ0) is 17.6. The number of rotatable bonds is 6. The molecule has 0 spiro atoms. The summed E-state index contributed by atoms with van der Waals surface area (Å²) < 4.78 is 1.35. The largest absolute Gasteiger partial charge is 0.349 e. The number of hydrogen-bond donors (Lipinski definition) is 2. The molecule has 0 unspecified atom stereocenters. The summed E-state index contributed by atoms with van der Waals surface area (Å²) in [5, 5.41) is 24.6. The fourth-order valence-electron chi connectivity index (χ4n) is 2.60. The van der Waals surface area contributed by atoms with Crippen LogP contribution in [0.2, 0.25) is 0 Å². The number of carbonyl (C=O) groups is 1. The van der Waals surface area contributed by atoms with Crippen molar-refractivity contribution in [2.75, 3.05) is 39.3 Å². The minimum absolute atomic E-state index is 0. The molecule has 1 fully saturated rings. The number of piperazine rings is 1. The van der Waals surface area contributed by atoms with Crippen LogP contribution in [0.1, 0.15) is 10.5 Å². The summed E-state index contributed by atoms with van der Waals surface area (Å²) in [6.07, 6.45) is 1.46. The predicted octanol–water partition coefficient (Wildman–Crippen LogP) is 0.232. The first-order valence-corrected chi connectivity index (χ1v) is 8.02. The number of carbonyl (C=O) groups excluding carboxylic acids is 1. The van der Waals surface area contributed by atoms with Gasteiger partial charge in [0, 0.05) is 51.4 Å². The van der Waals surface area contributed by atoms with Crippen molar-refractivity contribution >= 4 is 24.0 Å². The number of halogens is 1. The van der Waals surface area contributed by atoms with Crippen LogP contribution in [0.25, 0.3) is 5.69 Å². The molecule has 0 saturated carbocycles. The molecule has 0 aliphatic carbocycles. The number of hydrogen-bond acceptors (Lipinski definition) is 7. The van der Waals surface area contributed by atoms with E-state index in [1.54, 1.807) is 12.1 Å². The molecule has 1 aromatic carbocycles. The molecular formula is C15H20ClN7O3. The third kappa shape index (κ3) is 4.97. The van der Waals surface area contributed by atoms with Crippen molar-refractivity contribution < 1.29 is 9.72 Å². The zero-order valence-corrected chi connectivity index (χ0v) is 14.8. The fraction of sp³-hybridized carbons (Fsp3) is 0.400. The van der Waals surface area contributed by atoms with Gasteiger partial charge in [-0.25, -0.2) is 4.68 Å². The number of nitrogens with one attached hydrogen (secondary N) is 2. The highest BCUT2D eigenvalue weighted by Crippen LogP contribution is 2.15. The van der Waals surface area contributed by atoms with Gasteiger partial charge in [0.2, 0.25) is 0 Å². The molecule has 10 nitrogen and oxygen atoms in total. The molecule has 0 bridgehead atoms. The summed E-state index contributed by atoms with van der Waals surface area (Å²) in [5.74, 6) is -0.313. The maximum Gasteiger partial charge on any atom is 0.273 e. The number of nitro groups is 1. The topological polar surface area (TPSA) is 118 Å². The summed E-state index contributed by atoms with van der Waals surface area (Å²) >= 11 is 0. The Hall–Kier alpha value is -2.56. The van der Waals surface area contributed by atoms with E-state index in [2.05, 4.69) is 25.8 Å². The minimum atomic E-state index is -0.482. The number of amides is 1. The van der Waals surface area contributed by atoms with E-state index < -0.39 is 4.92 Å². The predicted molar refractivity (Wildman–Crippen MR) is 96.9 cm³/mol. The van der Waals surface area contributed by atoms with E-state index >= 15 is 0 Å². The van der Waals surface area contributed by atoms with Crippen LogP contribution >= 0.6 is 12.4 Å². The highest BCUT2D eigenvalue weighted by atomic mass is 35.5. The summed E-state index contributed by atoms with van der Waals surface area (Å²) in [6, 6.07) is 5.99. The lowest BCUT2D eigenvalue weighted by molar-refractivity contribution is -0.384. The van der Waals surface area contributed by atoms with E-state index in [0.29, 0.717) is 12.2 Å². The van der Waals surface area contributed by atoms with Gasteiger partial charge in [0.05, 0.1) is 16.8 Å². The second-order valence-electron chi connectivity index (χ2n) is 5.67. The number of nitro benzene ring substituents is 1. The SMILES string of the molecule is Cl.O=C(NCCN1CCNCC1)c1cn(-c2cccc([N+](=O)[O-])c2)nn1. The van der Waals surface area contributed by atoms with Crippen LogP contribution in [-0.4, -0.2) is 70.0 Å². The Kier molecular flexibility index (Phi) is 7.01. The van der Waals surface area contributed by atoms with Crippen molar-refractivity contribution in [3.05, 3.63) is 46.3 Å². The lowest BCUT2D eigenvalue weighted by Crippen LogP contribution is -2.46. The van der Waals surface area contributed by atoms with Gasteiger partial charge >= 0.3 is 0 Å². The van der Waals surface area contributed by atoms with Crippen LogP contribution in [0, 0.1) is 10.1 Å². The van der Waals surface area contributed by atoms with E-state index in [4.69, 9.17) is 0 Å². The molecule has 140 valence electrons. The van der Waals surface area contributed by atoms with Gasteiger partial charge in [-0.2, -0.15) is 0 Å². The van der Waals surface area contributed by atoms with Crippen LogP contribution < -0.4 is 10.6 Å². The van der Waals surface area contributed by atoms with Crippen LogP contribution in [0.15, 0.2) is 30.5 Å². The van der Waals surface area contributed by atoms with Crippen LogP contribution in [0.3, 0.4) is 0 Å². The molecule has 2 N–H and O–H groups in total. The highest BCUT2D eigenvalue weighted by Gasteiger charge is 2.14. The van der Waals surface area contributed by atoms with Crippen LogP contribution in [0.4, 0.5) is 5.69 Å². The number of nitrogens with zero attached hydrogens (tertiary/aromatic N) is 5. The number of benzene rings is 1. The van der Waals surface area contributed by atoms with Crippen LogP contribution in [-0.2, 0) is 0 Å². The number of aromatic nitrogens is 3. The Bertz CT molecular complexity index is 761. The first-order valence-electron chi connectivity index (χ1n) is 8.02. The van der Waals surface area contributed by atoms with Crippen molar-refractivity contribution in [3.63, 3.8) is 0 Å². The molecule has 26 heavy (non-hydrogen) atoms. The quantitative estimate of drug-likeness (QED) is 0.543. The number of non-ortho nitro benzene ring substituents is 1.